The molecule has 3 rings (SSSR count). The average Bonchev–Trinajstić information content (AvgIpc) is 2.42. The summed E-state index contributed by atoms with van der Waals surface area (Å²) in [5.74, 6) is 2.79. The molecule has 2 bridgehead atoms. The summed E-state index contributed by atoms with van der Waals surface area (Å²) in [5, 5.41) is 0. The van der Waals surface area contributed by atoms with Gasteiger partial charge in [0.2, 0.25) is 0 Å². The lowest BCUT2D eigenvalue weighted by molar-refractivity contribution is -0.0586. The molecule has 4 atom stereocenters. The second-order valence-electron chi connectivity index (χ2n) is 6.88. The standard InChI is InChI=1S/C16H29NO2/c1-13-10-14-2-3-16(15(11-13)12-14)19-9-6-17-4-7-18-8-5-17/h13-16H,2-12H2,1H3. The van der Waals surface area contributed by atoms with Crippen molar-refractivity contribution in [2.45, 2.75) is 45.1 Å². The van der Waals surface area contributed by atoms with Crippen LogP contribution in [0.25, 0.3) is 0 Å². The molecule has 110 valence electrons. The van der Waals surface area contributed by atoms with E-state index < -0.39 is 0 Å². The Labute approximate surface area is 117 Å². The van der Waals surface area contributed by atoms with Crippen LogP contribution in [0.4, 0.5) is 0 Å². The number of ether oxygens (including phenoxy) is 2. The summed E-state index contributed by atoms with van der Waals surface area (Å²) in [6, 6.07) is 0. The van der Waals surface area contributed by atoms with Crippen LogP contribution in [0.3, 0.4) is 0 Å². The molecule has 19 heavy (non-hydrogen) atoms. The number of fused-ring (bicyclic) bond motifs is 2. The topological polar surface area (TPSA) is 21.7 Å². The molecule has 0 spiro atoms. The summed E-state index contributed by atoms with van der Waals surface area (Å²) >= 11 is 0. The van der Waals surface area contributed by atoms with Gasteiger partial charge in [0.1, 0.15) is 0 Å². The lowest BCUT2D eigenvalue weighted by Gasteiger charge is -2.42. The van der Waals surface area contributed by atoms with Crippen LogP contribution in [0.15, 0.2) is 0 Å². The monoisotopic (exact) mass is 267 g/mol. The molecule has 0 aromatic heterocycles. The van der Waals surface area contributed by atoms with E-state index in [1.54, 1.807) is 0 Å². The van der Waals surface area contributed by atoms with Gasteiger partial charge in [0.25, 0.3) is 0 Å². The van der Waals surface area contributed by atoms with Gasteiger partial charge in [-0.05, 0) is 49.9 Å². The number of morpholine rings is 1. The van der Waals surface area contributed by atoms with Crippen molar-refractivity contribution in [2.75, 3.05) is 39.5 Å². The highest BCUT2D eigenvalue weighted by molar-refractivity contribution is 4.87. The maximum atomic E-state index is 6.24. The third kappa shape index (κ3) is 3.71. The molecule has 3 fully saturated rings. The normalized spacial score (nSPS) is 40.3. The third-order valence-corrected chi connectivity index (χ3v) is 5.31. The summed E-state index contributed by atoms with van der Waals surface area (Å²) in [4.78, 5) is 2.47. The molecule has 0 amide bonds. The molecule has 0 N–H and O–H groups in total. The summed E-state index contributed by atoms with van der Waals surface area (Å²) in [7, 11) is 0. The van der Waals surface area contributed by atoms with E-state index in [-0.39, 0.29) is 0 Å². The number of hydrogen-bond acceptors (Lipinski definition) is 3. The van der Waals surface area contributed by atoms with E-state index in [2.05, 4.69) is 11.8 Å². The summed E-state index contributed by atoms with van der Waals surface area (Å²) in [5.41, 5.74) is 0. The van der Waals surface area contributed by atoms with Crippen LogP contribution in [-0.2, 0) is 9.47 Å². The molecule has 4 unspecified atom stereocenters. The minimum atomic E-state index is 0.556. The van der Waals surface area contributed by atoms with Gasteiger partial charge in [-0.3, -0.25) is 4.90 Å². The van der Waals surface area contributed by atoms with Crippen LogP contribution < -0.4 is 0 Å². The van der Waals surface area contributed by atoms with Crippen molar-refractivity contribution in [2.24, 2.45) is 17.8 Å². The second kappa shape index (κ2) is 6.55. The molecule has 0 aromatic rings. The van der Waals surface area contributed by atoms with E-state index in [1.807, 2.05) is 0 Å². The SMILES string of the molecule is CC1CC2CCC(OCCN3CCOCC3)C(C1)C2. The van der Waals surface area contributed by atoms with Crippen molar-refractivity contribution < 1.29 is 9.47 Å². The van der Waals surface area contributed by atoms with E-state index in [4.69, 9.17) is 9.47 Å². The zero-order valence-corrected chi connectivity index (χ0v) is 12.4. The quantitative estimate of drug-likeness (QED) is 0.781. The van der Waals surface area contributed by atoms with Crippen molar-refractivity contribution in [3.63, 3.8) is 0 Å². The van der Waals surface area contributed by atoms with Crippen molar-refractivity contribution >= 4 is 0 Å². The largest absolute Gasteiger partial charge is 0.379 e. The van der Waals surface area contributed by atoms with Gasteiger partial charge < -0.3 is 9.47 Å². The van der Waals surface area contributed by atoms with Gasteiger partial charge in [-0.2, -0.15) is 0 Å². The van der Waals surface area contributed by atoms with E-state index in [1.165, 1.54) is 32.1 Å². The highest BCUT2D eigenvalue weighted by Crippen LogP contribution is 2.43. The fourth-order valence-electron chi connectivity index (χ4n) is 4.35. The molecule has 0 radical (unpaired) electrons. The molecule has 1 saturated heterocycles. The summed E-state index contributed by atoms with van der Waals surface area (Å²) < 4.78 is 11.6. The predicted molar refractivity (Wildman–Crippen MR) is 76.2 cm³/mol. The Morgan fingerprint density at radius 1 is 1.11 bits per heavy atom. The van der Waals surface area contributed by atoms with Gasteiger partial charge in [0, 0.05) is 19.6 Å². The molecule has 2 aliphatic carbocycles. The molecular weight excluding hydrogens is 238 g/mol. The van der Waals surface area contributed by atoms with Crippen molar-refractivity contribution in [1.29, 1.82) is 0 Å². The molecular formula is C16H29NO2. The summed E-state index contributed by atoms with van der Waals surface area (Å²) in [6.07, 6.45) is 7.58. The first-order valence-electron chi connectivity index (χ1n) is 8.23. The second-order valence-corrected chi connectivity index (χ2v) is 6.88. The van der Waals surface area contributed by atoms with Crippen LogP contribution in [0, 0.1) is 17.8 Å². The molecule has 1 heterocycles. The Morgan fingerprint density at radius 3 is 2.79 bits per heavy atom. The van der Waals surface area contributed by atoms with Gasteiger partial charge in [0.15, 0.2) is 0 Å². The molecule has 1 aliphatic heterocycles. The molecule has 3 heteroatoms. The van der Waals surface area contributed by atoms with Crippen LogP contribution >= 0.6 is 0 Å². The predicted octanol–water partition coefficient (Wildman–Crippen LogP) is 2.55. The van der Waals surface area contributed by atoms with Gasteiger partial charge in [-0.15, -0.1) is 0 Å². The highest BCUT2D eigenvalue weighted by atomic mass is 16.5. The van der Waals surface area contributed by atoms with Crippen LogP contribution in [-0.4, -0.2) is 50.5 Å². The first-order valence-corrected chi connectivity index (χ1v) is 8.23. The number of rotatable bonds is 4. The Hall–Kier alpha value is -0.120. The van der Waals surface area contributed by atoms with E-state index in [0.717, 1.165) is 57.2 Å². The minimum absolute atomic E-state index is 0.556. The Kier molecular flexibility index (Phi) is 4.78. The highest BCUT2D eigenvalue weighted by Gasteiger charge is 2.36. The molecule has 3 nitrogen and oxygen atoms in total. The zero-order valence-electron chi connectivity index (χ0n) is 12.4. The molecule has 2 saturated carbocycles. The fraction of sp³-hybridized carbons (Fsp3) is 1.00. The number of nitrogens with zero attached hydrogens (tertiary/aromatic N) is 1. The van der Waals surface area contributed by atoms with Crippen LogP contribution in [0.2, 0.25) is 0 Å². The Balaban J connectivity index is 1.39. The maximum Gasteiger partial charge on any atom is 0.0604 e. The van der Waals surface area contributed by atoms with Crippen molar-refractivity contribution in [3.8, 4) is 0 Å². The summed E-state index contributed by atoms with van der Waals surface area (Å²) in [6.45, 7) is 8.38. The minimum Gasteiger partial charge on any atom is -0.379 e. The Bertz CT molecular complexity index is 276. The van der Waals surface area contributed by atoms with Gasteiger partial charge in [0.05, 0.1) is 25.9 Å². The third-order valence-electron chi connectivity index (χ3n) is 5.31. The first kappa shape index (κ1) is 13.8. The van der Waals surface area contributed by atoms with Gasteiger partial charge in [-0.25, -0.2) is 0 Å². The lowest BCUT2D eigenvalue weighted by atomic mass is 9.67. The van der Waals surface area contributed by atoms with Gasteiger partial charge in [-0.1, -0.05) is 6.92 Å². The van der Waals surface area contributed by atoms with Crippen LogP contribution in [0.1, 0.15) is 39.0 Å². The smallest absolute Gasteiger partial charge is 0.0604 e. The van der Waals surface area contributed by atoms with E-state index >= 15 is 0 Å². The van der Waals surface area contributed by atoms with Gasteiger partial charge >= 0.3 is 0 Å². The van der Waals surface area contributed by atoms with Crippen molar-refractivity contribution in [3.05, 3.63) is 0 Å². The maximum absolute atomic E-state index is 6.24. The van der Waals surface area contributed by atoms with Crippen LogP contribution in [0.5, 0.6) is 0 Å². The fourth-order valence-corrected chi connectivity index (χ4v) is 4.35. The average molecular weight is 267 g/mol. The van der Waals surface area contributed by atoms with E-state index in [0.29, 0.717) is 6.10 Å². The number of hydrogen-bond donors (Lipinski definition) is 0. The zero-order chi connectivity index (χ0) is 13.1. The Morgan fingerprint density at radius 2 is 1.95 bits per heavy atom. The molecule has 3 aliphatic rings. The first-order chi connectivity index (χ1) is 9.31. The lowest BCUT2D eigenvalue weighted by Crippen LogP contribution is -2.41. The van der Waals surface area contributed by atoms with Crippen molar-refractivity contribution in [1.82, 2.24) is 4.90 Å². The molecule has 0 aromatic carbocycles. The van der Waals surface area contributed by atoms with E-state index in [9.17, 15) is 0 Å².